The molecule has 0 aliphatic rings. The van der Waals surface area contributed by atoms with Crippen LogP contribution in [-0.4, -0.2) is 71.7 Å². The summed E-state index contributed by atoms with van der Waals surface area (Å²) in [4.78, 5) is 66.2. The van der Waals surface area contributed by atoms with E-state index >= 15 is 0 Å². The summed E-state index contributed by atoms with van der Waals surface area (Å²) < 4.78 is 0. The Morgan fingerprint density at radius 3 is 2.16 bits per heavy atom. The summed E-state index contributed by atoms with van der Waals surface area (Å²) in [5.74, 6) is -2.34. The van der Waals surface area contributed by atoms with Gasteiger partial charge in [0.1, 0.15) is 18.1 Å². The number of nitrogens with two attached hydrogens (primary N) is 2. The van der Waals surface area contributed by atoms with Crippen LogP contribution in [0.25, 0.3) is 10.8 Å². The van der Waals surface area contributed by atoms with Gasteiger partial charge in [-0.15, -0.1) is 0 Å². The summed E-state index contributed by atoms with van der Waals surface area (Å²) in [7, 11) is 1.52. The van der Waals surface area contributed by atoms with Gasteiger partial charge >= 0.3 is 0 Å². The molecule has 0 fully saturated rings. The molecule has 5 amide bonds. The molecule has 3 atom stereocenters. The molecule has 262 valence electrons. The fraction of sp³-hybridized carbons (Fsp3) is 0.395. The number of amides is 5. The van der Waals surface area contributed by atoms with Crippen molar-refractivity contribution < 1.29 is 24.0 Å². The molecule has 3 rings (SSSR count). The number of benzene rings is 3. The van der Waals surface area contributed by atoms with Crippen LogP contribution >= 0.6 is 0 Å². The first-order valence-electron chi connectivity index (χ1n) is 16.6. The zero-order valence-corrected chi connectivity index (χ0v) is 28.9. The van der Waals surface area contributed by atoms with Crippen LogP contribution in [0.4, 0.5) is 0 Å². The van der Waals surface area contributed by atoms with E-state index in [9.17, 15) is 24.0 Å². The average molecular weight is 671 g/mol. The molecule has 0 saturated heterocycles. The lowest BCUT2D eigenvalue weighted by Gasteiger charge is -2.32. The van der Waals surface area contributed by atoms with Crippen molar-refractivity contribution in [3.63, 3.8) is 0 Å². The highest BCUT2D eigenvalue weighted by atomic mass is 16.2. The monoisotopic (exact) mass is 670 g/mol. The number of hydrogen-bond acceptors (Lipinski definition) is 6. The maximum absolute atomic E-state index is 14.3. The number of likely N-dealkylation sites (N-methyl/N-ethyl adjacent to an activating group) is 1. The Hall–Kier alpha value is -5.03. The molecule has 49 heavy (non-hydrogen) atoms. The fourth-order valence-electron chi connectivity index (χ4n) is 5.42. The molecule has 0 aliphatic carbocycles. The van der Waals surface area contributed by atoms with E-state index in [2.05, 4.69) is 16.0 Å². The zero-order chi connectivity index (χ0) is 36.0. The molecule has 11 nitrogen and oxygen atoms in total. The lowest BCUT2D eigenvalue weighted by atomic mass is 9.98. The molecular formula is C38H50N6O5. The van der Waals surface area contributed by atoms with Crippen molar-refractivity contribution in [2.75, 3.05) is 13.6 Å². The Kier molecular flexibility index (Phi) is 14.5. The van der Waals surface area contributed by atoms with Gasteiger partial charge in [-0.3, -0.25) is 24.0 Å². The van der Waals surface area contributed by atoms with Crippen molar-refractivity contribution in [2.45, 2.75) is 83.0 Å². The molecule has 3 aromatic rings. The van der Waals surface area contributed by atoms with Crippen molar-refractivity contribution in [1.82, 2.24) is 20.9 Å². The minimum Gasteiger partial charge on any atom is -0.368 e. The van der Waals surface area contributed by atoms with E-state index in [1.165, 1.54) is 24.9 Å². The van der Waals surface area contributed by atoms with Crippen LogP contribution < -0.4 is 27.4 Å². The highest BCUT2D eigenvalue weighted by Crippen LogP contribution is 2.18. The molecule has 0 bridgehead atoms. The number of primary amides is 1. The number of nitrogens with one attached hydrogen (secondary N) is 3. The number of fused-ring (bicyclic) bond motifs is 1. The number of unbranched alkanes of at least 4 members (excludes halogenated alkanes) is 1. The van der Waals surface area contributed by atoms with Gasteiger partial charge in [-0.25, -0.2) is 0 Å². The number of carbonyl (C=O) groups is 5. The largest absolute Gasteiger partial charge is 0.368 e. The van der Waals surface area contributed by atoms with Gasteiger partial charge in [-0.05, 0) is 67.5 Å². The standard InChI is InChI=1S/C38H50N6O5/c1-26(45)41-22-11-10-17-31(35(39)47)43-36(48)33(25-27-13-6-5-7-14-27)44(4)37(49)32(42-34(46)18-12-21-38(2,3)40)24-28-19-20-29-15-8-9-16-30(29)23-28/h5-9,12-16,18-20,23,31-33H,10-11,17,21-22,24-25,40H2,1-4H3,(H2,39,47)(H,41,45)(H,42,46)(H,43,48)/t31-,32+,33+/m0/s1. The summed E-state index contributed by atoms with van der Waals surface area (Å²) in [5, 5.41) is 10.3. The first kappa shape index (κ1) is 38.4. The van der Waals surface area contributed by atoms with E-state index in [4.69, 9.17) is 11.5 Å². The number of rotatable bonds is 18. The molecule has 0 aliphatic heterocycles. The smallest absolute Gasteiger partial charge is 0.245 e. The van der Waals surface area contributed by atoms with E-state index in [0.717, 1.165) is 21.9 Å². The maximum Gasteiger partial charge on any atom is 0.245 e. The Bertz CT molecular complexity index is 1620. The van der Waals surface area contributed by atoms with Gasteiger partial charge in [0.15, 0.2) is 0 Å². The van der Waals surface area contributed by atoms with Crippen LogP contribution in [0.3, 0.4) is 0 Å². The number of nitrogens with zero attached hydrogens (tertiary/aromatic N) is 1. The highest BCUT2D eigenvalue weighted by Gasteiger charge is 2.34. The molecule has 0 heterocycles. The summed E-state index contributed by atoms with van der Waals surface area (Å²) in [6, 6.07) is 19.9. The van der Waals surface area contributed by atoms with Gasteiger partial charge in [0.25, 0.3) is 0 Å². The van der Waals surface area contributed by atoms with Gasteiger partial charge in [0.2, 0.25) is 29.5 Å². The third-order valence-corrected chi connectivity index (χ3v) is 8.12. The molecule has 0 saturated carbocycles. The lowest BCUT2D eigenvalue weighted by molar-refractivity contribution is -0.142. The number of hydrogen-bond donors (Lipinski definition) is 5. The molecule has 0 unspecified atom stereocenters. The SMILES string of the molecule is CC(=O)NCCCC[C@H](NC(=O)[C@@H](Cc1ccccc1)N(C)C(=O)[C@@H](Cc1ccc2ccccc2c1)NC(=O)C=CCC(C)(C)N)C(N)=O. The molecule has 7 N–H and O–H groups in total. The lowest BCUT2D eigenvalue weighted by Crippen LogP contribution is -2.57. The Balaban J connectivity index is 1.88. The summed E-state index contributed by atoms with van der Waals surface area (Å²) >= 11 is 0. The molecule has 0 radical (unpaired) electrons. The van der Waals surface area contributed by atoms with Crippen molar-refractivity contribution in [3.05, 3.63) is 96.1 Å². The minimum atomic E-state index is -1.03. The van der Waals surface area contributed by atoms with Crippen LogP contribution in [-0.2, 0) is 36.8 Å². The van der Waals surface area contributed by atoms with E-state index in [-0.39, 0.29) is 25.2 Å². The van der Waals surface area contributed by atoms with Gasteiger partial charge in [-0.1, -0.05) is 78.9 Å². The Morgan fingerprint density at radius 1 is 0.837 bits per heavy atom. The van der Waals surface area contributed by atoms with Crippen LogP contribution in [0.5, 0.6) is 0 Å². The predicted octanol–water partition coefficient (Wildman–Crippen LogP) is 2.90. The van der Waals surface area contributed by atoms with Gasteiger partial charge in [0.05, 0.1) is 0 Å². The second kappa shape index (κ2) is 18.5. The summed E-state index contributed by atoms with van der Waals surface area (Å²) in [5.41, 5.74) is 12.8. The van der Waals surface area contributed by atoms with Crippen LogP contribution in [0, 0.1) is 0 Å². The third-order valence-electron chi connectivity index (χ3n) is 8.12. The van der Waals surface area contributed by atoms with Crippen LogP contribution in [0.2, 0.25) is 0 Å². The van der Waals surface area contributed by atoms with E-state index < -0.39 is 47.3 Å². The molecule has 11 heteroatoms. The summed E-state index contributed by atoms with van der Waals surface area (Å²) in [6.07, 6.45) is 5.22. The topological polar surface area (TPSA) is 177 Å². The Morgan fingerprint density at radius 2 is 1.51 bits per heavy atom. The second-order valence-corrected chi connectivity index (χ2v) is 13.1. The van der Waals surface area contributed by atoms with Crippen LogP contribution in [0.15, 0.2) is 84.9 Å². The van der Waals surface area contributed by atoms with Crippen molar-refractivity contribution in [3.8, 4) is 0 Å². The molecule has 0 spiro atoms. The maximum atomic E-state index is 14.3. The van der Waals surface area contributed by atoms with Crippen molar-refractivity contribution >= 4 is 40.3 Å². The highest BCUT2D eigenvalue weighted by molar-refractivity contribution is 5.96. The average Bonchev–Trinajstić information content (AvgIpc) is 3.05. The van der Waals surface area contributed by atoms with Crippen molar-refractivity contribution in [1.29, 1.82) is 0 Å². The zero-order valence-electron chi connectivity index (χ0n) is 28.9. The predicted molar refractivity (Wildman–Crippen MR) is 192 cm³/mol. The quantitative estimate of drug-likeness (QED) is 0.103. The van der Waals surface area contributed by atoms with E-state index in [0.29, 0.717) is 25.8 Å². The first-order valence-corrected chi connectivity index (χ1v) is 16.6. The Labute approximate surface area is 288 Å². The van der Waals surface area contributed by atoms with Gasteiger partial charge in [-0.2, -0.15) is 0 Å². The van der Waals surface area contributed by atoms with Gasteiger partial charge < -0.3 is 32.3 Å². The van der Waals surface area contributed by atoms with Gasteiger partial charge in [0, 0.05) is 38.9 Å². The molecular weight excluding hydrogens is 620 g/mol. The minimum absolute atomic E-state index is 0.151. The summed E-state index contributed by atoms with van der Waals surface area (Å²) in [6.45, 7) is 5.56. The normalized spacial score (nSPS) is 13.3. The van der Waals surface area contributed by atoms with E-state index in [1.54, 1.807) is 6.08 Å². The first-order chi connectivity index (χ1) is 23.2. The molecule has 3 aromatic carbocycles. The van der Waals surface area contributed by atoms with Crippen molar-refractivity contribution in [2.24, 2.45) is 11.5 Å². The third kappa shape index (κ3) is 13.2. The fourth-order valence-corrected chi connectivity index (χ4v) is 5.42. The second-order valence-electron chi connectivity index (χ2n) is 13.1. The number of carbonyl (C=O) groups excluding carboxylic acids is 5. The molecule has 0 aromatic heterocycles. The van der Waals surface area contributed by atoms with Crippen LogP contribution in [0.1, 0.15) is 57.6 Å². The van der Waals surface area contributed by atoms with E-state index in [1.807, 2.05) is 86.6 Å².